The van der Waals surface area contributed by atoms with Crippen molar-refractivity contribution in [3.63, 3.8) is 0 Å². The summed E-state index contributed by atoms with van der Waals surface area (Å²) in [4.78, 5) is 29.5. The number of amides is 1. The Morgan fingerprint density at radius 3 is 2.54 bits per heavy atom. The highest BCUT2D eigenvalue weighted by molar-refractivity contribution is 8.00. The summed E-state index contributed by atoms with van der Waals surface area (Å²) < 4.78 is 1.56. The quantitative estimate of drug-likeness (QED) is 0.501. The summed E-state index contributed by atoms with van der Waals surface area (Å²) in [5.41, 5.74) is 2.26. The first-order chi connectivity index (χ1) is 13.5. The van der Waals surface area contributed by atoms with E-state index in [9.17, 15) is 9.59 Å². The maximum Gasteiger partial charge on any atom is 0.237 e. The minimum atomic E-state index is -0.422. The van der Waals surface area contributed by atoms with Gasteiger partial charge in [0.15, 0.2) is 5.16 Å². The van der Waals surface area contributed by atoms with Gasteiger partial charge in [-0.3, -0.25) is 14.2 Å². The summed E-state index contributed by atoms with van der Waals surface area (Å²) in [6.07, 6.45) is 0. The van der Waals surface area contributed by atoms with E-state index < -0.39 is 5.25 Å². The van der Waals surface area contributed by atoms with Gasteiger partial charge in [0.2, 0.25) is 11.8 Å². The third-order valence-electron chi connectivity index (χ3n) is 4.54. The van der Waals surface area contributed by atoms with Crippen LogP contribution in [0.4, 0.5) is 5.69 Å². The molecule has 0 saturated carbocycles. The Balaban J connectivity index is 1.59. The van der Waals surface area contributed by atoms with Crippen LogP contribution in [0.2, 0.25) is 0 Å². The van der Waals surface area contributed by atoms with Crippen LogP contribution in [-0.4, -0.2) is 26.6 Å². The summed E-state index contributed by atoms with van der Waals surface area (Å²) >= 11 is 1.28. The molecular formula is C22H19N3O2S. The number of hydrogen-bond donors (Lipinski definition) is 1. The van der Waals surface area contributed by atoms with Gasteiger partial charge in [-0.2, -0.15) is 0 Å². The molecule has 4 rings (SSSR count). The standard InChI is InChI=1S/C22H19N3O2S/c1-14(21(27)23-18-12-7-9-16-8-3-4-10-17(16)18)28-22-24-19-11-5-6-13-20(19)25(22)15(2)26/h3-14H,1-2H3,(H,23,27)/t14-/m1/s1. The number of aromatic nitrogens is 2. The van der Waals surface area contributed by atoms with E-state index in [0.29, 0.717) is 5.16 Å². The highest BCUT2D eigenvalue weighted by Gasteiger charge is 2.21. The molecule has 3 aromatic carbocycles. The zero-order valence-corrected chi connectivity index (χ0v) is 16.4. The lowest BCUT2D eigenvalue weighted by Gasteiger charge is -2.13. The van der Waals surface area contributed by atoms with E-state index in [-0.39, 0.29) is 11.8 Å². The van der Waals surface area contributed by atoms with Crippen molar-refractivity contribution < 1.29 is 9.59 Å². The Bertz CT molecular complexity index is 1190. The van der Waals surface area contributed by atoms with Gasteiger partial charge >= 0.3 is 0 Å². The average Bonchev–Trinajstić information content (AvgIpc) is 3.06. The van der Waals surface area contributed by atoms with Crippen molar-refractivity contribution >= 4 is 51.1 Å². The first kappa shape index (κ1) is 18.3. The molecule has 1 atom stereocenters. The predicted molar refractivity (Wildman–Crippen MR) is 114 cm³/mol. The number of thioether (sulfide) groups is 1. The first-order valence-corrected chi connectivity index (χ1v) is 9.86. The van der Waals surface area contributed by atoms with Gasteiger partial charge in [0.25, 0.3) is 0 Å². The molecule has 0 aliphatic heterocycles. The zero-order valence-electron chi connectivity index (χ0n) is 15.5. The molecule has 0 spiro atoms. The number of rotatable bonds is 4. The van der Waals surface area contributed by atoms with Crippen molar-refractivity contribution in [2.24, 2.45) is 0 Å². The Labute approximate surface area is 166 Å². The maximum absolute atomic E-state index is 12.8. The van der Waals surface area contributed by atoms with Crippen LogP contribution in [-0.2, 0) is 4.79 Å². The number of hydrogen-bond acceptors (Lipinski definition) is 4. The summed E-state index contributed by atoms with van der Waals surface area (Å²) in [6, 6.07) is 21.2. The molecule has 1 amide bonds. The molecule has 0 bridgehead atoms. The van der Waals surface area contributed by atoms with E-state index in [0.717, 1.165) is 27.5 Å². The van der Waals surface area contributed by atoms with Crippen LogP contribution in [0, 0.1) is 0 Å². The maximum atomic E-state index is 12.8. The number of imidazole rings is 1. The number of para-hydroxylation sites is 2. The fourth-order valence-electron chi connectivity index (χ4n) is 3.17. The SMILES string of the molecule is CC(=O)n1c(S[C@H](C)C(=O)Nc2cccc3ccccc23)nc2ccccc21. The molecule has 0 fully saturated rings. The van der Waals surface area contributed by atoms with Crippen LogP contribution in [0.3, 0.4) is 0 Å². The van der Waals surface area contributed by atoms with Crippen molar-refractivity contribution in [2.45, 2.75) is 24.3 Å². The van der Waals surface area contributed by atoms with Gasteiger partial charge in [0.1, 0.15) is 0 Å². The summed E-state index contributed by atoms with van der Waals surface area (Å²) in [7, 11) is 0. The topological polar surface area (TPSA) is 64.0 Å². The van der Waals surface area contributed by atoms with Crippen molar-refractivity contribution in [1.29, 1.82) is 0 Å². The second-order valence-corrected chi connectivity index (χ2v) is 7.82. The van der Waals surface area contributed by atoms with Crippen molar-refractivity contribution in [2.75, 3.05) is 5.32 Å². The van der Waals surface area contributed by atoms with Gasteiger partial charge in [0.05, 0.1) is 16.3 Å². The second kappa shape index (κ2) is 7.48. The van der Waals surface area contributed by atoms with Crippen LogP contribution in [0.1, 0.15) is 18.6 Å². The second-order valence-electron chi connectivity index (χ2n) is 6.51. The fourth-order valence-corrected chi connectivity index (χ4v) is 4.13. The molecule has 1 aromatic heterocycles. The smallest absolute Gasteiger partial charge is 0.237 e. The van der Waals surface area contributed by atoms with Gasteiger partial charge in [-0.25, -0.2) is 4.98 Å². The van der Waals surface area contributed by atoms with Gasteiger partial charge in [-0.1, -0.05) is 60.3 Å². The van der Waals surface area contributed by atoms with Crippen LogP contribution < -0.4 is 5.32 Å². The van der Waals surface area contributed by atoms with E-state index in [1.54, 1.807) is 4.57 Å². The third-order valence-corrected chi connectivity index (χ3v) is 5.60. The predicted octanol–water partition coefficient (Wildman–Crippen LogP) is 4.97. The van der Waals surface area contributed by atoms with E-state index >= 15 is 0 Å². The molecule has 0 aliphatic carbocycles. The summed E-state index contributed by atoms with van der Waals surface area (Å²) in [5.74, 6) is -0.263. The normalized spacial score (nSPS) is 12.2. The number of anilines is 1. The Morgan fingerprint density at radius 1 is 1.00 bits per heavy atom. The molecule has 28 heavy (non-hydrogen) atoms. The van der Waals surface area contributed by atoms with Crippen LogP contribution in [0.5, 0.6) is 0 Å². The zero-order chi connectivity index (χ0) is 19.7. The highest BCUT2D eigenvalue weighted by Crippen LogP contribution is 2.29. The minimum Gasteiger partial charge on any atom is -0.325 e. The van der Waals surface area contributed by atoms with E-state index in [1.165, 1.54) is 18.7 Å². The van der Waals surface area contributed by atoms with Crippen LogP contribution >= 0.6 is 11.8 Å². The number of carbonyl (C=O) groups is 2. The van der Waals surface area contributed by atoms with Crippen molar-refractivity contribution in [3.8, 4) is 0 Å². The lowest BCUT2D eigenvalue weighted by Crippen LogP contribution is -2.23. The molecular weight excluding hydrogens is 370 g/mol. The number of carbonyl (C=O) groups excluding carboxylic acids is 2. The molecule has 0 radical (unpaired) electrons. The fraction of sp³-hybridized carbons (Fsp3) is 0.136. The van der Waals surface area contributed by atoms with Gasteiger partial charge in [-0.15, -0.1) is 0 Å². The number of benzene rings is 3. The third kappa shape index (κ3) is 3.39. The number of fused-ring (bicyclic) bond motifs is 2. The Kier molecular flexibility index (Phi) is 4.88. The highest BCUT2D eigenvalue weighted by atomic mass is 32.2. The molecule has 0 unspecified atom stereocenters. The van der Waals surface area contributed by atoms with Crippen molar-refractivity contribution in [3.05, 3.63) is 66.7 Å². The molecule has 5 nitrogen and oxygen atoms in total. The first-order valence-electron chi connectivity index (χ1n) is 8.98. The van der Waals surface area contributed by atoms with Crippen LogP contribution in [0.15, 0.2) is 71.9 Å². The minimum absolute atomic E-state index is 0.127. The summed E-state index contributed by atoms with van der Waals surface area (Å²) in [6.45, 7) is 3.31. The van der Waals surface area contributed by atoms with Gasteiger partial charge in [-0.05, 0) is 30.5 Å². The van der Waals surface area contributed by atoms with E-state index in [1.807, 2.05) is 73.7 Å². The molecule has 0 saturated heterocycles. The molecule has 1 N–H and O–H groups in total. The number of nitrogens with one attached hydrogen (secondary N) is 1. The monoisotopic (exact) mass is 389 g/mol. The Morgan fingerprint density at radius 2 is 1.71 bits per heavy atom. The van der Waals surface area contributed by atoms with E-state index in [2.05, 4.69) is 10.3 Å². The number of nitrogens with zero attached hydrogens (tertiary/aromatic N) is 2. The molecule has 4 aromatic rings. The van der Waals surface area contributed by atoms with Gasteiger partial charge in [0, 0.05) is 18.0 Å². The van der Waals surface area contributed by atoms with Gasteiger partial charge < -0.3 is 5.32 Å². The van der Waals surface area contributed by atoms with Crippen LogP contribution in [0.25, 0.3) is 21.8 Å². The lowest BCUT2D eigenvalue weighted by atomic mass is 10.1. The largest absolute Gasteiger partial charge is 0.325 e. The average molecular weight is 389 g/mol. The lowest BCUT2D eigenvalue weighted by molar-refractivity contribution is -0.115. The summed E-state index contributed by atoms with van der Waals surface area (Å²) in [5, 5.41) is 5.17. The van der Waals surface area contributed by atoms with E-state index in [4.69, 9.17) is 0 Å². The molecule has 1 heterocycles. The Hall–Kier alpha value is -3.12. The molecule has 6 heteroatoms. The van der Waals surface area contributed by atoms with Crippen molar-refractivity contribution in [1.82, 2.24) is 9.55 Å². The molecule has 0 aliphatic rings. The molecule has 140 valence electrons.